The number of anilines is 1. The molecule has 1 N–H and O–H groups in total. The number of aromatic nitrogens is 1. The predicted molar refractivity (Wildman–Crippen MR) is 113 cm³/mol. The molecule has 2 aromatic carbocycles. The van der Waals surface area contributed by atoms with Gasteiger partial charge >= 0.3 is 11.9 Å². The second-order valence-corrected chi connectivity index (χ2v) is 6.18. The van der Waals surface area contributed by atoms with Crippen LogP contribution in [0.15, 0.2) is 66.9 Å². The van der Waals surface area contributed by atoms with Crippen molar-refractivity contribution in [3.8, 4) is 0 Å². The molecular weight excluding hydrogens is 384 g/mol. The van der Waals surface area contributed by atoms with Crippen molar-refractivity contribution in [1.29, 1.82) is 0 Å². The molecular formula is C23H20N2O5. The van der Waals surface area contributed by atoms with Gasteiger partial charge in [-0.15, -0.1) is 0 Å². The van der Waals surface area contributed by atoms with E-state index in [9.17, 15) is 14.4 Å². The number of rotatable bonds is 7. The van der Waals surface area contributed by atoms with Crippen molar-refractivity contribution in [3.63, 3.8) is 0 Å². The molecule has 0 radical (unpaired) electrons. The minimum absolute atomic E-state index is 0.220. The van der Waals surface area contributed by atoms with E-state index in [1.807, 2.05) is 30.3 Å². The first kappa shape index (κ1) is 20.7. The molecule has 1 amide bonds. The molecule has 0 unspecified atom stereocenters. The maximum atomic E-state index is 12.1. The van der Waals surface area contributed by atoms with E-state index in [0.717, 1.165) is 16.5 Å². The van der Waals surface area contributed by atoms with Gasteiger partial charge in [0.1, 0.15) is 0 Å². The lowest BCUT2D eigenvalue weighted by Crippen LogP contribution is -2.21. The van der Waals surface area contributed by atoms with E-state index in [4.69, 9.17) is 9.47 Å². The van der Waals surface area contributed by atoms with Crippen LogP contribution in [0, 0.1) is 0 Å². The molecule has 1 heterocycles. The number of hydrogen-bond donors (Lipinski definition) is 1. The normalized spacial score (nSPS) is 10.7. The molecule has 0 spiro atoms. The fourth-order valence-electron chi connectivity index (χ4n) is 2.77. The molecule has 3 aromatic rings. The third kappa shape index (κ3) is 5.29. The van der Waals surface area contributed by atoms with E-state index in [1.165, 1.54) is 6.08 Å². The second-order valence-electron chi connectivity index (χ2n) is 6.18. The van der Waals surface area contributed by atoms with E-state index in [-0.39, 0.29) is 17.9 Å². The zero-order valence-corrected chi connectivity index (χ0v) is 16.3. The van der Waals surface area contributed by atoms with E-state index < -0.39 is 24.5 Å². The van der Waals surface area contributed by atoms with Gasteiger partial charge < -0.3 is 14.8 Å². The number of esters is 2. The van der Waals surface area contributed by atoms with Crippen LogP contribution in [0.5, 0.6) is 0 Å². The molecule has 0 aliphatic carbocycles. The molecule has 0 aliphatic heterocycles. The molecule has 152 valence electrons. The number of amides is 1. The number of pyridine rings is 1. The summed E-state index contributed by atoms with van der Waals surface area (Å²) in [5, 5.41) is 3.50. The smallest absolute Gasteiger partial charge is 0.340 e. The van der Waals surface area contributed by atoms with E-state index in [0.29, 0.717) is 0 Å². The number of fused-ring (bicyclic) bond motifs is 1. The molecule has 0 saturated heterocycles. The van der Waals surface area contributed by atoms with Crippen molar-refractivity contribution >= 4 is 40.5 Å². The highest BCUT2D eigenvalue weighted by Gasteiger charge is 2.14. The number of benzene rings is 2. The summed E-state index contributed by atoms with van der Waals surface area (Å²) in [4.78, 5) is 40.4. The van der Waals surface area contributed by atoms with Crippen LogP contribution in [0.25, 0.3) is 17.0 Å². The summed E-state index contributed by atoms with van der Waals surface area (Å²) in [7, 11) is 0. The van der Waals surface area contributed by atoms with Crippen LogP contribution < -0.4 is 5.32 Å². The summed E-state index contributed by atoms with van der Waals surface area (Å²) in [6.07, 6.45) is 4.51. The van der Waals surface area contributed by atoms with Gasteiger partial charge in [-0.3, -0.25) is 9.78 Å². The highest BCUT2D eigenvalue weighted by atomic mass is 16.5. The second kappa shape index (κ2) is 9.97. The first-order chi connectivity index (χ1) is 14.6. The van der Waals surface area contributed by atoms with Gasteiger partial charge in [0, 0.05) is 23.2 Å². The number of para-hydroxylation sites is 2. The fourth-order valence-corrected chi connectivity index (χ4v) is 2.77. The van der Waals surface area contributed by atoms with Crippen LogP contribution in [-0.4, -0.2) is 36.0 Å². The summed E-state index contributed by atoms with van der Waals surface area (Å²) in [6, 6.07) is 15.8. The van der Waals surface area contributed by atoms with Gasteiger partial charge in [-0.25, -0.2) is 9.59 Å². The largest absolute Gasteiger partial charge is 0.462 e. The van der Waals surface area contributed by atoms with Crippen LogP contribution >= 0.6 is 0 Å². The summed E-state index contributed by atoms with van der Waals surface area (Å²) < 4.78 is 9.95. The fraction of sp³-hybridized carbons (Fsp3) is 0.130. The molecule has 7 nitrogen and oxygen atoms in total. The number of carbonyl (C=O) groups excluding carboxylic acids is 3. The van der Waals surface area contributed by atoms with Crippen molar-refractivity contribution < 1.29 is 23.9 Å². The molecule has 0 atom stereocenters. The van der Waals surface area contributed by atoms with Crippen molar-refractivity contribution in [1.82, 2.24) is 4.98 Å². The zero-order chi connectivity index (χ0) is 21.3. The van der Waals surface area contributed by atoms with Crippen LogP contribution in [0.1, 0.15) is 22.8 Å². The van der Waals surface area contributed by atoms with E-state index in [2.05, 4.69) is 10.3 Å². The number of nitrogens with zero attached hydrogens (tertiary/aromatic N) is 1. The molecule has 0 bridgehead atoms. The Morgan fingerprint density at radius 2 is 1.80 bits per heavy atom. The lowest BCUT2D eigenvalue weighted by Gasteiger charge is -2.10. The first-order valence-electron chi connectivity index (χ1n) is 9.33. The minimum Gasteiger partial charge on any atom is -0.462 e. The maximum absolute atomic E-state index is 12.1. The number of carbonyl (C=O) groups is 3. The van der Waals surface area contributed by atoms with Gasteiger partial charge in [0.2, 0.25) is 0 Å². The average molecular weight is 404 g/mol. The Balaban J connectivity index is 1.58. The Morgan fingerprint density at radius 3 is 2.63 bits per heavy atom. The molecule has 7 heteroatoms. The van der Waals surface area contributed by atoms with Gasteiger partial charge in [-0.05, 0) is 31.2 Å². The lowest BCUT2D eigenvalue weighted by molar-refractivity contribution is -0.142. The van der Waals surface area contributed by atoms with Gasteiger partial charge in [0.25, 0.3) is 5.91 Å². The van der Waals surface area contributed by atoms with Gasteiger partial charge in [-0.2, -0.15) is 0 Å². The summed E-state index contributed by atoms with van der Waals surface area (Å²) in [6.45, 7) is 1.42. The Bertz CT molecular complexity index is 1100. The van der Waals surface area contributed by atoms with Crippen molar-refractivity contribution in [2.75, 3.05) is 18.5 Å². The summed E-state index contributed by atoms with van der Waals surface area (Å²) in [5.74, 6) is -1.78. The van der Waals surface area contributed by atoms with Crippen LogP contribution in [-0.2, 0) is 19.1 Å². The van der Waals surface area contributed by atoms with Crippen LogP contribution in [0.3, 0.4) is 0 Å². The number of ether oxygens (including phenoxy) is 2. The maximum Gasteiger partial charge on any atom is 0.340 e. The highest BCUT2D eigenvalue weighted by Crippen LogP contribution is 2.18. The first-order valence-corrected chi connectivity index (χ1v) is 9.33. The summed E-state index contributed by atoms with van der Waals surface area (Å²) >= 11 is 0. The van der Waals surface area contributed by atoms with Crippen molar-refractivity contribution in [2.24, 2.45) is 0 Å². The molecule has 30 heavy (non-hydrogen) atoms. The Morgan fingerprint density at radius 1 is 1.00 bits per heavy atom. The molecule has 1 aromatic heterocycles. The van der Waals surface area contributed by atoms with Gasteiger partial charge in [0.15, 0.2) is 6.61 Å². The van der Waals surface area contributed by atoms with Gasteiger partial charge in [0.05, 0.1) is 23.4 Å². The van der Waals surface area contributed by atoms with Gasteiger partial charge in [-0.1, -0.05) is 36.4 Å². The lowest BCUT2D eigenvalue weighted by atomic mass is 10.1. The Kier molecular flexibility index (Phi) is 6.89. The average Bonchev–Trinajstić information content (AvgIpc) is 2.76. The topological polar surface area (TPSA) is 94.6 Å². The predicted octanol–water partition coefficient (Wildman–Crippen LogP) is 3.61. The summed E-state index contributed by atoms with van der Waals surface area (Å²) in [5.41, 5.74) is 2.03. The van der Waals surface area contributed by atoms with E-state index >= 15 is 0 Å². The highest BCUT2D eigenvalue weighted by molar-refractivity contribution is 6.02. The molecule has 0 saturated carbocycles. The number of nitrogens with one attached hydrogen (secondary N) is 1. The Hall–Kier alpha value is -4.00. The van der Waals surface area contributed by atoms with Crippen LogP contribution in [0.4, 0.5) is 5.69 Å². The third-order valence-electron chi connectivity index (χ3n) is 4.10. The zero-order valence-electron chi connectivity index (χ0n) is 16.3. The SMILES string of the molecule is CCOC(=O)c1ccccc1NC(=O)COC(=O)/C=C/c1cccc2cccnc12. The van der Waals surface area contributed by atoms with Crippen molar-refractivity contribution in [2.45, 2.75) is 6.92 Å². The quantitative estimate of drug-likeness (QED) is 0.478. The molecule has 0 aliphatic rings. The Labute approximate surface area is 173 Å². The van der Waals surface area contributed by atoms with E-state index in [1.54, 1.807) is 43.5 Å². The molecule has 3 rings (SSSR count). The monoisotopic (exact) mass is 404 g/mol. The van der Waals surface area contributed by atoms with Crippen LogP contribution in [0.2, 0.25) is 0 Å². The van der Waals surface area contributed by atoms with Crippen molar-refractivity contribution in [3.05, 3.63) is 78.0 Å². The standard InChI is InChI=1S/C23H20N2O5/c1-2-29-23(28)18-10-3-4-11-19(18)25-20(26)15-30-21(27)13-12-17-8-5-7-16-9-6-14-24-22(16)17/h3-14H,2,15H2,1H3,(H,25,26)/b13-12+. The minimum atomic E-state index is -0.670. The number of hydrogen-bond acceptors (Lipinski definition) is 6. The third-order valence-corrected chi connectivity index (χ3v) is 4.10. The molecule has 0 fully saturated rings.